The maximum absolute atomic E-state index is 12.2. The van der Waals surface area contributed by atoms with E-state index in [9.17, 15) is 9.59 Å². The molecular formula is C21H27N3O4. The molecule has 150 valence electrons. The van der Waals surface area contributed by atoms with Crippen molar-refractivity contribution in [2.75, 3.05) is 24.4 Å². The number of carbonyl (C=O) groups is 2. The number of ether oxygens (including phenoxy) is 2. The molecule has 2 unspecified atom stereocenters. The minimum atomic E-state index is -0.586. The van der Waals surface area contributed by atoms with Crippen molar-refractivity contribution in [3.63, 3.8) is 0 Å². The molecule has 7 nitrogen and oxygen atoms in total. The van der Waals surface area contributed by atoms with Gasteiger partial charge in [-0.1, -0.05) is 38.5 Å². The zero-order valence-corrected chi connectivity index (χ0v) is 16.4. The van der Waals surface area contributed by atoms with Gasteiger partial charge in [0.2, 0.25) is 5.91 Å². The van der Waals surface area contributed by atoms with Crippen LogP contribution in [0.5, 0.6) is 11.5 Å². The van der Waals surface area contributed by atoms with Crippen molar-refractivity contribution in [1.29, 1.82) is 0 Å². The molecule has 28 heavy (non-hydrogen) atoms. The molecule has 2 atom stereocenters. The fraction of sp³-hybridized carbons (Fsp3) is 0.333. The van der Waals surface area contributed by atoms with Crippen LogP contribution in [-0.4, -0.2) is 31.6 Å². The van der Waals surface area contributed by atoms with E-state index in [1.54, 1.807) is 42.5 Å². The smallest absolute Gasteiger partial charge is 0.262 e. The summed E-state index contributed by atoms with van der Waals surface area (Å²) in [5.74, 6) is 0.538. The quantitative estimate of drug-likeness (QED) is 0.616. The van der Waals surface area contributed by atoms with E-state index in [0.717, 1.165) is 6.42 Å². The average Bonchev–Trinajstić information content (AvgIpc) is 2.71. The van der Waals surface area contributed by atoms with Crippen molar-refractivity contribution in [1.82, 2.24) is 0 Å². The Morgan fingerprint density at radius 3 is 2.32 bits per heavy atom. The summed E-state index contributed by atoms with van der Waals surface area (Å²) >= 11 is 0. The first-order valence-corrected chi connectivity index (χ1v) is 9.16. The summed E-state index contributed by atoms with van der Waals surface area (Å²) in [4.78, 5) is 24.4. The molecule has 2 aromatic rings. The van der Waals surface area contributed by atoms with Crippen molar-refractivity contribution in [2.45, 2.75) is 26.3 Å². The van der Waals surface area contributed by atoms with Crippen LogP contribution in [0.15, 0.2) is 48.5 Å². The number of amides is 2. The molecule has 0 saturated heterocycles. The molecule has 0 aromatic heterocycles. The number of methoxy groups -OCH3 is 1. The molecule has 0 fully saturated rings. The Balaban J connectivity index is 1.93. The van der Waals surface area contributed by atoms with Crippen LogP contribution >= 0.6 is 0 Å². The van der Waals surface area contributed by atoms with Gasteiger partial charge in [0.05, 0.1) is 13.2 Å². The molecule has 0 aliphatic rings. The van der Waals surface area contributed by atoms with Crippen LogP contribution < -0.4 is 25.8 Å². The van der Waals surface area contributed by atoms with Crippen LogP contribution in [0.25, 0.3) is 0 Å². The third-order valence-electron chi connectivity index (χ3n) is 4.40. The SMILES string of the molecule is CCC(C)C(N)C(=O)Nc1cccc(NC(=O)COc2ccccc2OC)c1. The number of rotatable bonds is 9. The van der Waals surface area contributed by atoms with Gasteiger partial charge >= 0.3 is 0 Å². The molecule has 0 spiro atoms. The highest BCUT2D eigenvalue weighted by Gasteiger charge is 2.19. The van der Waals surface area contributed by atoms with Crippen LogP contribution in [0.3, 0.4) is 0 Å². The minimum absolute atomic E-state index is 0.0787. The van der Waals surface area contributed by atoms with E-state index >= 15 is 0 Å². The first-order valence-electron chi connectivity index (χ1n) is 9.16. The summed E-state index contributed by atoms with van der Waals surface area (Å²) in [5.41, 5.74) is 7.05. The second-order valence-corrected chi connectivity index (χ2v) is 6.47. The number of carbonyl (C=O) groups excluding carboxylic acids is 2. The Morgan fingerprint density at radius 2 is 1.68 bits per heavy atom. The van der Waals surface area contributed by atoms with Crippen LogP contribution in [0.1, 0.15) is 20.3 Å². The third-order valence-corrected chi connectivity index (χ3v) is 4.40. The molecule has 2 amide bonds. The lowest BCUT2D eigenvalue weighted by atomic mass is 9.99. The normalized spacial score (nSPS) is 12.6. The van der Waals surface area contributed by atoms with Crippen molar-refractivity contribution >= 4 is 23.2 Å². The number of hydrogen-bond acceptors (Lipinski definition) is 5. The van der Waals surface area contributed by atoms with Gasteiger partial charge in [0.25, 0.3) is 5.91 Å². The standard InChI is InChI=1S/C21H27N3O4/c1-4-14(2)20(22)21(26)24-16-9-7-8-15(12-16)23-19(25)13-28-18-11-6-5-10-17(18)27-3/h5-12,14,20H,4,13,22H2,1-3H3,(H,23,25)(H,24,26). The third kappa shape index (κ3) is 5.99. The van der Waals surface area contributed by atoms with E-state index in [-0.39, 0.29) is 24.3 Å². The highest BCUT2D eigenvalue weighted by atomic mass is 16.5. The van der Waals surface area contributed by atoms with E-state index in [1.165, 1.54) is 7.11 Å². The summed E-state index contributed by atoms with van der Waals surface area (Å²) in [5, 5.41) is 5.52. The molecule has 0 radical (unpaired) electrons. The summed E-state index contributed by atoms with van der Waals surface area (Å²) in [7, 11) is 1.54. The number of anilines is 2. The molecule has 0 aliphatic heterocycles. The lowest BCUT2D eigenvalue weighted by Gasteiger charge is -2.18. The van der Waals surface area contributed by atoms with Crippen LogP contribution in [-0.2, 0) is 9.59 Å². The fourth-order valence-electron chi connectivity index (χ4n) is 2.49. The zero-order valence-electron chi connectivity index (χ0n) is 16.4. The van der Waals surface area contributed by atoms with E-state index in [4.69, 9.17) is 15.2 Å². The summed E-state index contributed by atoms with van der Waals surface area (Å²) in [6.45, 7) is 3.75. The molecule has 2 rings (SSSR count). The Labute approximate surface area is 165 Å². The van der Waals surface area contributed by atoms with Gasteiger partial charge in [0, 0.05) is 11.4 Å². The Morgan fingerprint density at radius 1 is 1.04 bits per heavy atom. The average molecular weight is 385 g/mol. The molecule has 2 aromatic carbocycles. The summed E-state index contributed by atoms with van der Waals surface area (Å²) in [6.07, 6.45) is 0.816. The van der Waals surface area contributed by atoms with Gasteiger partial charge in [0.1, 0.15) is 0 Å². The van der Waals surface area contributed by atoms with Gasteiger partial charge in [0.15, 0.2) is 18.1 Å². The molecule has 0 bridgehead atoms. The van der Waals surface area contributed by atoms with E-state index < -0.39 is 6.04 Å². The number of para-hydroxylation sites is 2. The van der Waals surface area contributed by atoms with Gasteiger partial charge < -0.3 is 25.8 Å². The Kier molecular flexibility index (Phi) is 7.83. The van der Waals surface area contributed by atoms with Gasteiger partial charge in [-0.25, -0.2) is 0 Å². The van der Waals surface area contributed by atoms with E-state index in [1.807, 2.05) is 19.9 Å². The molecule has 0 aliphatic carbocycles. The van der Waals surface area contributed by atoms with Gasteiger partial charge in [-0.3, -0.25) is 9.59 Å². The van der Waals surface area contributed by atoms with Gasteiger partial charge in [-0.05, 0) is 36.2 Å². The number of nitrogens with two attached hydrogens (primary N) is 1. The van der Waals surface area contributed by atoms with Crippen molar-refractivity contribution < 1.29 is 19.1 Å². The van der Waals surface area contributed by atoms with Gasteiger partial charge in [-0.2, -0.15) is 0 Å². The molecule has 0 saturated carbocycles. The predicted octanol–water partition coefficient (Wildman–Crippen LogP) is 3.02. The maximum Gasteiger partial charge on any atom is 0.262 e. The van der Waals surface area contributed by atoms with Crippen LogP contribution in [0, 0.1) is 5.92 Å². The van der Waals surface area contributed by atoms with E-state index in [0.29, 0.717) is 22.9 Å². The zero-order chi connectivity index (χ0) is 20.5. The number of hydrogen-bond donors (Lipinski definition) is 3. The molecule has 0 heterocycles. The second kappa shape index (κ2) is 10.3. The van der Waals surface area contributed by atoms with Crippen molar-refractivity contribution in [2.24, 2.45) is 11.7 Å². The predicted molar refractivity (Wildman–Crippen MR) is 110 cm³/mol. The number of nitrogens with one attached hydrogen (secondary N) is 2. The highest BCUT2D eigenvalue weighted by Crippen LogP contribution is 2.25. The second-order valence-electron chi connectivity index (χ2n) is 6.47. The van der Waals surface area contributed by atoms with Gasteiger partial charge in [-0.15, -0.1) is 0 Å². The maximum atomic E-state index is 12.2. The Hall–Kier alpha value is -3.06. The van der Waals surface area contributed by atoms with Crippen molar-refractivity contribution in [3.8, 4) is 11.5 Å². The van der Waals surface area contributed by atoms with E-state index in [2.05, 4.69) is 10.6 Å². The number of benzene rings is 2. The lowest BCUT2D eigenvalue weighted by Crippen LogP contribution is -2.40. The monoisotopic (exact) mass is 385 g/mol. The first-order chi connectivity index (χ1) is 13.4. The van der Waals surface area contributed by atoms with Crippen LogP contribution in [0.4, 0.5) is 11.4 Å². The van der Waals surface area contributed by atoms with Crippen LogP contribution in [0.2, 0.25) is 0 Å². The minimum Gasteiger partial charge on any atom is -0.493 e. The summed E-state index contributed by atoms with van der Waals surface area (Å²) in [6, 6.07) is 13.4. The molecule has 4 N–H and O–H groups in total. The fourth-order valence-corrected chi connectivity index (χ4v) is 2.49. The lowest BCUT2D eigenvalue weighted by molar-refractivity contribution is -0.119. The highest BCUT2D eigenvalue weighted by molar-refractivity contribution is 5.96. The Bertz CT molecular complexity index is 810. The topological polar surface area (TPSA) is 103 Å². The van der Waals surface area contributed by atoms with Crippen molar-refractivity contribution in [3.05, 3.63) is 48.5 Å². The largest absolute Gasteiger partial charge is 0.493 e. The first kappa shape index (κ1) is 21.2. The molecule has 7 heteroatoms. The summed E-state index contributed by atoms with van der Waals surface area (Å²) < 4.78 is 10.7. The molecular weight excluding hydrogens is 358 g/mol.